The number of unbranched alkanes of at least 4 members (excludes halogenated alkanes) is 10. The number of hydrogen-bond acceptors (Lipinski definition) is 8. The number of rotatable bonds is 57. The van der Waals surface area contributed by atoms with E-state index in [1.807, 2.05) is 21.1 Å². The molecule has 85 heavy (non-hydrogen) atoms. The maximum absolute atomic E-state index is 12.9. The molecule has 0 spiro atoms. The summed E-state index contributed by atoms with van der Waals surface area (Å²) in [7, 11) is 5.89. The second kappa shape index (κ2) is 64.1. The van der Waals surface area contributed by atoms with Crippen LogP contribution in [-0.4, -0.2) is 82.3 Å². The number of carbonyl (C=O) groups is 3. The van der Waals surface area contributed by atoms with Crippen LogP contribution in [0.15, 0.2) is 194 Å². The number of nitrogens with zero attached hydrogens (tertiary/aromatic N) is 1. The molecule has 0 aliphatic rings. The van der Waals surface area contributed by atoms with E-state index in [-0.39, 0.29) is 38.6 Å². The van der Waals surface area contributed by atoms with Crippen molar-refractivity contribution in [1.82, 2.24) is 0 Å². The van der Waals surface area contributed by atoms with Gasteiger partial charge in [-0.2, -0.15) is 0 Å². The van der Waals surface area contributed by atoms with Crippen molar-refractivity contribution >= 4 is 17.9 Å². The molecule has 9 nitrogen and oxygen atoms in total. The molecule has 0 aromatic rings. The van der Waals surface area contributed by atoms with E-state index in [4.69, 9.17) is 18.9 Å². The van der Waals surface area contributed by atoms with E-state index in [0.717, 1.165) is 148 Å². The van der Waals surface area contributed by atoms with Crippen LogP contribution in [0.3, 0.4) is 0 Å². The molecule has 0 fully saturated rings. The first-order valence-corrected chi connectivity index (χ1v) is 32.6. The summed E-state index contributed by atoms with van der Waals surface area (Å²) in [4.78, 5) is 37.4. The molecule has 474 valence electrons. The Hall–Kier alpha value is -5.87. The number of quaternary nitrogens is 1. The molecule has 0 aromatic heterocycles. The van der Waals surface area contributed by atoms with Gasteiger partial charge in [0.2, 0.25) is 0 Å². The lowest BCUT2D eigenvalue weighted by Crippen LogP contribution is -2.44. The molecule has 0 heterocycles. The van der Waals surface area contributed by atoms with Gasteiger partial charge in [-0.25, -0.2) is 0 Å². The molecule has 0 saturated heterocycles. The zero-order chi connectivity index (χ0) is 61.9. The fourth-order valence-electron chi connectivity index (χ4n) is 7.92. The van der Waals surface area contributed by atoms with Gasteiger partial charge in [0.15, 0.2) is 12.4 Å². The lowest BCUT2D eigenvalue weighted by molar-refractivity contribution is -0.870. The second-order valence-corrected chi connectivity index (χ2v) is 21.9. The molecule has 0 saturated carbocycles. The smallest absolute Gasteiger partial charge is 0.306 e. The lowest BCUT2D eigenvalue weighted by atomic mass is 10.1. The molecule has 9 heteroatoms. The lowest BCUT2D eigenvalue weighted by Gasteiger charge is -2.26. The Labute approximate surface area is 519 Å². The molecule has 0 aliphatic carbocycles. The van der Waals surface area contributed by atoms with Gasteiger partial charge in [-0.1, -0.05) is 247 Å². The minimum Gasteiger partial charge on any atom is -0.545 e. The number of hydrogen-bond donors (Lipinski definition) is 0. The van der Waals surface area contributed by atoms with Crippen LogP contribution in [0.5, 0.6) is 0 Å². The average molecular weight is 1170 g/mol. The van der Waals surface area contributed by atoms with Crippen LogP contribution in [-0.2, 0) is 33.3 Å². The summed E-state index contributed by atoms with van der Waals surface area (Å²) in [5.74, 6) is -2.37. The molecule has 0 N–H and O–H groups in total. The first kappa shape index (κ1) is 79.1. The topological polar surface area (TPSA) is 111 Å². The molecule has 0 radical (unpaired) electrons. The molecular weight excluding hydrogens is 1050 g/mol. The van der Waals surface area contributed by atoms with Crippen molar-refractivity contribution in [2.45, 2.75) is 219 Å². The van der Waals surface area contributed by atoms with E-state index >= 15 is 0 Å². The molecule has 0 amide bonds. The van der Waals surface area contributed by atoms with Crippen molar-refractivity contribution in [3.8, 4) is 0 Å². The Balaban J connectivity index is 4.34. The van der Waals surface area contributed by atoms with E-state index in [1.54, 1.807) is 0 Å². The van der Waals surface area contributed by atoms with Gasteiger partial charge in [0.05, 0.1) is 40.3 Å². The van der Waals surface area contributed by atoms with E-state index in [1.165, 1.54) is 19.3 Å². The van der Waals surface area contributed by atoms with Crippen molar-refractivity contribution in [1.29, 1.82) is 0 Å². The second-order valence-electron chi connectivity index (χ2n) is 21.9. The first-order chi connectivity index (χ1) is 41.6. The van der Waals surface area contributed by atoms with E-state index < -0.39 is 24.3 Å². The monoisotopic (exact) mass is 1170 g/mol. The summed E-state index contributed by atoms with van der Waals surface area (Å²) in [6, 6.07) is 0. The van der Waals surface area contributed by atoms with Crippen LogP contribution in [0.25, 0.3) is 0 Å². The van der Waals surface area contributed by atoms with Gasteiger partial charge in [0, 0.05) is 12.8 Å². The number of aliphatic carboxylic acids is 1. The fraction of sp³-hybridized carbons (Fsp3) is 0.539. The van der Waals surface area contributed by atoms with Gasteiger partial charge in [0.1, 0.15) is 13.2 Å². The quantitative estimate of drug-likeness (QED) is 0.0195. The van der Waals surface area contributed by atoms with Crippen molar-refractivity contribution < 1.29 is 42.9 Å². The summed E-state index contributed by atoms with van der Waals surface area (Å²) < 4.78 is 22.7. The highest BCUT2D eigenvalue weighted by molar-refractivity contribution is 5.70. The largest absolute Gasteiger partial charge is 0.545 e. The Morgan fingerprint density at radius 3 is 0.953 bits per heavy atom. The highest BCUT2D eigenvalue weighted by Gasteiger charge is 2.22. The van der Waals surface area contributed by atoms with Crippen LogP contribution < -0.4 is 5.11 Å². The third-order valence-electron chi connectivity index (χ3n) is 12.8. The third kappa shape index (κ3) is 65.5. The van der Waals surface area contributed by atoms with Crippen LogP contribution in [0.4, 0.5) is 0 Å². The van der Waals surface area contributed by atoms with E-state index in [0.29, 0.717) is 23.9 Å². The summed E-state index contributed by atoms with van der Waals surface area (Å²) in [6.45, 7) is 4.43. The van der Waals surface area contributed by atoms with Crippen LogP contribution in [0, 0.1) is 0 Å². The minimum atomic E-state index is -1.65. The summed E-state index contributed by atoms with van der Waals surface area (Å²) >= 11 is 0. The number of carboxylic acids is 1. The van der Waals surface area contributed by atoms with Crippen LogP contribution in [0.2, 0.25) is 0 Å². The molecule has 0 rings (SSSR count). The minimum absolute atomic E-state index is 0.127. The van der Waals surface area contributed by atoms with E-state index in [9.17, 15) is 19.5 Å². The number of ether oxygens (including phenoxy) is 4. The van der Waals surface area contributed by atoms with Gasteiger partial charge < -0.3 is 33.3 Å². The zero-order valence-electron chi connectivity index (χ0n) is 53.9. The summed E-state index contributed by atoms with van der Waals surface area (Å²) in [6.07, 6.45) is 96.3. The van der Waals surface area contributed by atoms with Gasteiger partial charge in [-0.15, -0.1) is 0 Å². The van der Waals surface area contributed by atoms with Gasteiger partial charge in [-0.3, -0.25) is 9.59 Å². The third-order valence-corrected chi connectivity index (χ3v) is 12.8. The normalized spacial score (nSPS) is 14.0. The van der Waals surface area contributed by atoms with Crippen LogP contribution >= 0.6 is 0 Å². The Bertz CT molecular complexity index is 2090. The average Bonchev–Trinajstić information content (AvgIpc) is 3.48. The summed E-state index contributed by atoms with van der Waals surface area (Å²) in [5, 5.41) is 11.8. The van der Waals surface area contributed by atoms with Crippen molar-refractivity contribution in [3.05, 3.63) is 194 Å². The Kier molecular flexibility index (Phi) is 59.7. The molecule has 0 aliphatic heterocycles. The maximum atomic E-state index is 12.9. The Morgan fingerprint density at radius 2 is 0.635 bits per heavy atom. The van der Waals surface area contributed by atoms with Gasteiger partial charge in [-0.05, 0) is 141 Å². The summed E-state index contributed by atoms with van der Waals surface area (Å²) in [5.41, 5.74) is 0. The fourth-order valence-corrected chi connectivity index (χ4v) is 7.92. The highest BCUT2D eigenvalue weighted by Crippen LogP contribution is 2.13. The number of likely N-dealkylation sites (N-methyl/N-ethyl adjacent to an activating group) is 1. The van der Waals surface area contributed by atoms with Crippen molar-refractivity contribution in [2.24, 2.45) is 0 Å². The first-order valence-electron chi connectivity index (χ1n) is 32.6. The Morgan fingerprint density at radius 1 is 0.353 bits per heavy atom. The predicted molar refractivity (Wildman–Crippen MR) is 361 cm³/mol. The number of esters is 2. The zero-order valence-corrected chi connectivity index (χ0v) is 53.9. The van der Waals surface area contributed by atoms with Gasteiger partial charge in [0.25, 0.3) is 0 Å². The number of allylic oxidation sites excluding steroid dienone is 32. The molecule has 2 atom stereocenters. The van der Waals surface area contributed by atoms with Crippen LogP contribution in [0.1, 0.15) is 206 Å². The maximum Gasteiger partial charge on any atom is 0.306 e. The molecule has 2 unspecified atom stereocenters. The SMILES string of the molecule is CC/C=C\C/C=C\C/C=C\C/C=C\C/C=C\C/C=C\C/C=C\C/C=C\C/C=C\C/C=C\C/C=C\CCCCCC(=O)OC(COC(=O)CCCCCCCCC/C=C\C/C=C\C/C=C\C/C=C\C/C=C\CC)COC(OCC[N+](C)(C)C)C(=O)[O-]. The highest BCUT2D eigenvalue weighted by atomic mass is 16.7. The van der Waals surface area contributed by atoms with Gasteiger partial charge >= 0.3 is 11.9 Å². The molecule has 0 aromatic carbocycles. The molecule has 0 bridgehead atoms. The molecular formula is C76H117NO8. The van der Waals surface area contributed by atoms with Crippen molar-refractivity contribution in [3.63, 3.8) is 0 Å². The standard InChI is InChI=1S/C76H117NO8/c1-6-8-10-12-14-16-18-20-22-24-26-28-30-31-32-33-34-35-36-37-38-39-40-41-42-43-45-47-49-51-53-55-57-59-61-63-65-67-74(79)85-72(71-84-76(75(80)81)82-69-68-77(3,4)5)70-83-73(78)66-64-62-60-58-56-54-52-50-48-46-44-29-27-25-23-21-19-17-15-13-11-9-7-2/h8-11,14-17,20-23,26-29,31-32,34-35,37-38,40-41,43,45-46,48-49,51,55,57,72,76H,6-7,12-13,18-19,24-25,30,33,36,39,42,44,47,50,52-54,56,58-71H2,1-5H3/b10-8-,11-9-,16-14-,17-15-,22-20-,23-21-,28-26-,29-27-,32-31-,35-34-,38-37-,41-40-,45-43-,48-46-,51-49-,57-55-. The number of carbonyl (C=O) groups excluding carboxylic acids is 3. The van der Waals surface area contributed by atoms with E-state index in [2.05, 4.69) is 208 Å². The number of carboxylic acid groups (broad SMARTS) is 1. The van der Waals surface area contributed by atoms with Crippen molar-refractivity contribution in [2.75, 3.05) is 47.5 Å². The predicted octanol–water partition coefficient (Wildman–Crippen LogP) is 18.9.